The first-order chi connectivity index (χ1) is 10.2. The molecule has 0 bridgehead atoms. The van der Waals surface area contributed by atoms with Crippen LogP contribution in [-0.2, 0) is 10.0 Å². The zero-order chi connectivity index (χ0) is 16.5. The van der Waals surface area contributed by atoms with E-state index in [1.165, 1.54) is 25.3 Å². The van der Waals surface area contributed by atoms with Crippen LogP contribution in [-0.4, -0.2) is 46.0 Å². The van der Waals surface area contributed by atoms with Gasteiger partial charge >= 0.3 is 0 Å². The lowest BCUT2D eigenvalue weighted by molar-refractivity contribution is 0.0773. The molecular formula is C14H21N3O4S. The molecule has 0 aromatic heterocycles. The fourth-order valence-electron chi connectivity index (χ4n) is 2.57. The molecule has 4 N–H and O–H groups in total. The number of likely N-dealkylation sites (tertiary alicyclic amines) is 1. The van der Waals surface area contributed by atoms with Crippen LogP contribution >= 0.6 is 0 Å². The van der Waals surface area contributed by atoms with Crippen LogP contribution in [0.15, 0.2) is 23.1 Å². The zero-order valence-corrected chi connectivity index (χ0v) is 13.5. The Morgan fingerprint density at radius 1 is 1.45 bits per heavy atom. The molecule has 1 amide bonds. The molecule has 0 saturated carbocycles. The summed E-state index contributed by atoms with van der Waals surface area (Å²) in [6, 6.07) is 4.01. The number of rotatable bonds is 4. The van der Waals surface area contributed by atoms with Crippen molar-refractivity contribution in [3.8, 4) is 5.75 Å². The molecule has 1 aromatic rings. The second-order valence-corrected chi connectivity index (χ2v) is 7.46. The molecule has 1 unspecified atom stereocenters. The SMILES string of the molecule is COc1ccc(S(N)(=O)=O)cc1C(=O)N1CCC(C)(CN)C1. The molecule has 1 aliphatic rings. The minimum absolute atomic E-state index is 0.111. The lowest BCUT2D eigenvalue weighted by Crippen LogP contribution is -2.34. The molecule has 1 aliphatic heterocycles. The third-order valence-electron chi connectivity index (χ3n) is 4.07. The van der Waals surface area contributed by atoms with E-state index in [2.05, 4.69) is 0 Å². The molecule has 22 heavy (non-hydrogen) atoms. The fourth-order valence-corrected chi connectivity index (χ4v) is 3.11. The molecule has 0 radical (unpaired) electrons. The fraction of sp³-hybridized carbons (Fsp3) is 0.500. The van der Waals surface area contributed by atoms with E-state index >= 15 is 0 Å². The van der Waals surface area contributed by atoms with Crippen LogP contribution in [0, 0.1) is 5.41 Å². The van der Waals surface area contributed by atoms with Gasteiger partial charge in [-0.2, -0.15) is 0 Å². The van der Waals surface area contributed by atoms with Crippen molar-refractivity contribution in [3.05, 3.63) is 23.8 Å². The first-order valence-electron chi connectivity index (χ1n) is 6.90. The van der Waals surface area contributed by atoms with E-state index in [9.17, 15) is 13.2 Å². The van der Waals surface area contributed by atoms with Crippen molar-refractivity contribution >= 4 is 15.9 Å². The molecule has 7 nitrogen and oxygen atoms in total. The Morgan fingerprint density at radius 2 is 2.14 bits per heavy atom. The van der Waals surface area contributed by atoms with E-state index in [0.717, 1.165) is 6.42 Å². The summed E-state index contributed by atoms with van der Waals surface area (Å²) in [4.78, 5) is 14.2. The summed E-state index contributed by atoms with van der Waals surface area (Å²) in [5.41, 5.74) is 5.83. The standard InChI is InChI=1S/C14H21N3O4S/c1-14(8-15)5-6-17(9-14)13(18)11-7-10(22(16,19)20)3-4-12(11)21-2/h3-4,7H,5-6,8-9,15H2,1-2H3,(H2,16,19,20). The van der Waals surface area contributed by atoms with Crippen molar-refractivity contribution in [2.75, 3.05) is 26.7 Å². The van der Waals surface area contributed by atoms with Crippen LogP contribution < -0.4 is 15.6 Å². The number of sulfonamides is 1. The van der Waals surface area contributed by atoms with Gasteiger partial charge in [0.15, 0.2) is 0 Å². The second kappa shape index (κ2) is 5.86. The Bertz CT molecular complexity index is 689. The third kappa shape index (κ3) is 3.23. The minimum Gasteiger partial charge on any atom is -0.496 e. The number of nitrogens with zero attached hydrogens (tertiary/aromatic N) is 1. The van der Waals surface area contributed by atoms with Crippen LogP contribution in [0.1, 0.15) is 23.7 Å². The van der Waals surface area contributed by atoms with Crippen molar-refractivity contribution in [1.82, 2.24) is 4.90 Å². The topological polar surface area (TPSA) is 116 Å². The molecule has 1 saturated heterocycles. The van der Waals surface area contributed by atoms with Gasteiger partial charge in [0.25, 0.3) is 5.91 Å². The summed E-state index contributed by atoms with van der Waals surface area (Å²) in [5, 5.41) is 5.13. The molecular weight excluding hydrogens is 306 g/mol. The summed E-state index contributed by atoms with van der Waals surface area (Å²) < 4.78 is 28.1. The normalized spacial score (nSPS) is 21.9. The van der Waals surface area contributed by atoms with Crippen LogP contribution in [0.3, 0.4) is 0 Å². The summed E-state index contributed by atoms with van der Waals surface area (Å²) in [5.74, 6) is 0.0401. The molecule has 2 rings (SSSR count). The predicted molar refractivity (Wildman–Crippen MR) is 82.0 cm³/mol. The minimum atomic E-state index is -3.88. The maximum Gasteiger partial charge on any atom is 0.257 e. The average molecular weight is 327 g/mol. The Hall–Kier alpha value is -1.64. The van der Waals surface area contributed by atoms with Crippen molar-refractivity contribution < 1.29 is 17.9 Å². The van der Waals surface area contributed by atoms with Crippen molar-refractivity contribution in [2.45, 2.75) is 18.2 Å². The van der Waals surface area contributed by atoms with Gasteiger partial charge in [-0.15, -0.1) is 0 Å². The quantitative estimate of drug-likeness (QED) is 0.817. The largest absolute Gasteiger partial charge is 0.496 e. The number of primary sulfonamides is 1. The second-order valence-electron chi connectivity index (χ2n) is 5.90. The zero-order valence-electron chi connectivity index (χ0n) is 12.7. The monoisotopic (exact) mass is 327 g/mol. The Labute approximate surface area is 130 Å². The highest BCUT2D eigenvalue weighted by Gasteiger charge is 2.36. The van der Waals surface area contributed by atoms with Gasteiger partial charge in [0.05, 0.1) is 17.6 Å². The molecule has 122 valence electrons. The highest BCUT2D eigenvalue weighted by Crippen LogP contribution is 2.31. The molecule has 1 fully saturated rings. The molecule has 0 spiro atoms. The highest BCUT2D eigenvalue weighted by atomic mass is 32.2. The lowest BCUT2D eigenvalue weighted by Gasteiger charge is -2.23. The third-order valence-corrected chi connectivity index (χ3v) is 4.98. The van der Waals surface area contributed by atoms with E-state index in [0.29, 0.717) is 25.4 Å². The smallest absolute Gasteiger partial charge is 0.257 e. The number of benzene rings is 1. The van der Waals surface area contributed by atoms with Gasteiger partial charge in [-0.3, -0.25) is 4.79 Å². The van der Waals surface area contributed by atoms with E-state index in [1.807, 2.05) is 6.92 Å². The average Bonchev–Trinajstić information content (AvgIpc) is 2.88. The number of ether oxygens (including phenoxy) is 1. The molecule has 1 aromatic carbocycles. The van der Waals surface area contributed by atoms with Crippen molar-refractivity contribution in [3.63, 3.8) is 0 Å². The maximum atomic E-state index is 12.7. The van der Waals surface area contributed by atoms with Crippen LogP contribution in [0.5, 0.6) is 5.75 Å². The van der Waals surface area contributed by atoms with E-state index in [-0.39, 0.29) is 21.8 Å². The summed E-state index contributed by atoms with van der Waals surface area (Å²) in [6.45, 7) is 3.63. The van der Waals surface area contributed by atoms with Gasteiger partial charge in [0, 0.05) is 13.1 Å². The number of amides is 1. The van der Waals surface area contributed by atoms with Crippen molar-refractivity contribution in [2.24, 2.45) is 16.3 Å². The number of carbonyl (C=O) groups excluding carboxylic acids is 1. The number of hydrogen-bond acceptors (Lipinski definition) is 5. The maximum absolute atomic E-state index is 12.7. The first kappa shape index (κ1) is 16.7. The number of hydrogen-bond donors (Lipinski definition) is 2. The van der Waals surface area contributed by atoms with E-state index in [4.69, 9.17) is 15.6 Å². The molecule has 1 atom stereocenters. The van der Waals surface area contributed by atoms with Crippen LogP contribution in [0.25, 0.3) is 0 Å². The van der Waals surface area contributed by atoms with Gasteiger partial charge in [-0.1, -0.05) is 6.92 Å². The predicted octanol–water partition coefficient (Wildman–Crippen LogP) is 0.154. The number of nitrogens with two attached hydrogens (primary N) is 2. The van der Waals surface area contributed by atoms with Crippen molar-refractivity contribution in [1.29, 1.82) is 0 Å². The van der Waals surface area contributed by atoms with E-state index < -0.39 is 10.0 Å². The molecule has 8 heteroatoms. The molecule has 1 heterocycles. The van der Waals surface area contributed by atoms with Gasteiger partial charge in [-0.25, -0.2) is 13.6 Å². The molecule has 0 aliphatic carbocycles. The Kier molecular flexibility index (Phi) is 4.46. The lowest BCUT2D eigenvalue weighted by atomic mass is 9.90. The van der Waals surface area contributed by atoms with Gasteiger partial charge in [0.1, 0.15) is 5.75 Å². The summed E-state index contributed by atoms with van der Waals surface area (Å²) >= 11 is 0. The number of carbonyl (C=O) groups is 1. The van der Waals surface area contributed by atoms with Gasteiger partial charge in [0.2, 0.25) is 10.0 Å². The Balaban J connectivity index is 2.37. The van der Waals surface area contributed by atoms with E-state index in [1.54, 1.807) is 4.90 Å². The van der Waals surface area contributed by atoms with Gasteiger partial charge in [-0.05, 0) is 36.6 Å². The number of methoxy groups -OCH3 is 1. The first-order valence-corrected chi connectivity index (χ1v) is 8.45. The Morgan fingerprint density at radius 3 is 2.64 bits per heavy atom. The van der Waals surface area contributed by atoms with Crippen LogP contribution in [0.4, 0.5) is 0 Å². The highest BCUT2D eigenvalue weighted by molar-refractivity contribution is 7.89. The summed E-state index contributed by atoms with van der Waals surface area (Å²) in [7, 11) is -2.45. The summed E-state index contributed by atoms with van der Waals surface area (Å²) in [6.07, 6.45) is 0.812. The van der Waals surface area contributed by atoms with Crippen LogP contribution in [0.2, 0.25) is 0 Å². The van der Waals surface area contributed by atoms with Gasteiger partial charge < -0.3 is 15.4 Å².